The van der Waals surface area contributed by atoms with Gasteiger partial charge in [0.05, 0.1) is 26.1 Å². The van der Waals surface area contributed by atoms with Crippen molar-refractivity contribution >= 4 is 23.9 Å². The number of carboxylic acids is 3. The second-order valence-corrected chi connectivity index (χ2v) is 5.11. The van der Waals surface area contributed by atoms with Crippen molar-refractivity contribution in [1.82, 2.24) is 0 Å². The highest BCUT2D eigenvalue weighted by molar-refractivity contribution is 5.79. The maximum atomic E-state index is 10.9. The zero-order chi connectivity index (χ0) is 24.6. The number of carboxylic acid groups (broad SMARTS) is 3. The normalized spacial score (nSPS) is 8.77. The van der Waals surface area contributed by atoms with Crippen LogP contribution in [0.5, 0.6) is 0 Å². The van der Waals surface area contributed by atoms with Gasteiger partial charge < -0.3 is 35.4 Å². The van der Waals surface area contributed by atoms with E-state index in [1.165, 1.54) is 0 Å². The Morgan fingerprint density at radius 1 is 0.733 bits per heavy atom. The van der Waals surface area contributed by atoms with Crippen LogP contribution in [0.3, 0.4) is 0 Å². The van der Waals surface area contributed by atoms with Crippen molar-refractivity contribution in [3.8, 4) is 0 Å². The standard InChI is InChI=1S/C10H18O5.3C3H4O2/c1-2-15-9(14)4-3-5-10(6-11,7-12)8-13;3*1-2-3(4)5/h2,11-13H,1,3-8H2;3*2H,1H2,(H,4,5). The Morgan fingerprint density at radius 2 is 1.03 bits per heavy atom. The highest BCUT2D eigenvalue weighted by Gasteiger charge is 2.27. The van der Waals surface area contributed by atoms with Crippen LogP contribution in [0, 0.1) is 5.41 Å². The molecule has 0 amide bonds. The van der Waals surface area contributed by atoms with Gasteiger partial charge in [0.1, 0.15) is 0 Å². The van der Waals surface area contributed by atoms with E-state index in [0.717, 1.165) is 24.5 Å². The van der Waals surface area contributed by atoms with Gasteiger partial charge in [0.25, 0.3) is 0 Å². The average molecular weight is 434 g/mol. The van der Waals surface area contributed by atoms with E-state index >= 15 is 0 Å². The molecular weight excluding hydrogens is 404 g/mol. The lowest BCUT2D eigenvalue weighted by atomic mass is 9.85. The van der Waals surface area contributed by atoms with Crippen molar-refractivity contribution in [1.29, 1.82) is 0 Å². The predicted octanol–water partition coefficient (Wildman–Crippen LogP) is 0.578. The van der Waals surface area contributed by atoms with Gasteiger partial charge in [0.2, 0.25) is 0 Å². The number of aliphatic hydroxyl groups excluding tert-OH is 3. The first kappa shape index (κ1) is 34.2. The van der Waals surface area contributed by atoms with Gasteiger partial charge in [-0.2, -0.15) is 0 Å². The van der Waals surface area contributed by atoms with Crippen molar-refractivity contribution in [2.24, 2.45) is 5.41 Å². The summed E-state index contributed by atoms with van der Waals surface area (Å²) in [4.78, 5) is 38.7. The zero-order valence-corrected chi connectivity index (χ0v) is 16.6. The van der Waals surface area contributed by atoms with Crippen molar-refractivity contribution in [3.05, 3.63) is 50.8 Å². The molecule has 30 heavy (non-hydrogen) atoms. The lowest BCUT2D eigenvalue weighted by molar-refractivity contribution is -0.138. The van der Waals surface area contributed by atoms with Crippen LogP contribution >= 0.6 is 0 Å². The fourth-order valence-electron chi connectivity index (χ4n) is 1.15. The van der Waals surface area contributed by atoms with Crippen molar-refractivity contribution in [2.75, 3.05) is 19.8 Å². The van der Waals surface area contributed by atoms with E-state index < -0.39 is 29.3 Å². The van der Waals surface area contributed by atoms with Crippen molar-refractivity contribution in [3.63, 3.8) is 0 Å². The second kappa shape index (κ2) is 23.8. The molecule has 0 aliphatic heterocycles. The summed E-state index contributed by atoms with van der Waals surface area (Å²) in [5.74, 6) is -3.35. The summed E-state index contributed by atoms with van der Waals surface area (Å²) in [7, 11) is 0. The van der Waals surface area contributed by atoms with E-state index in [4.69, 9.17) is 30.6 Å². The Balaban J connectivity index is -0.000000184. The predicted molar refractivity (Wildman–Crippen MR) is 107 cm³/mol. The molecular formula is C19H30O11. The van der Waals surface area contributed by atoms with Gasteiger partial charge in [-0.05, 0) is 12.8 Å². The Kier molecular flexibility index (Phi) is 27.1. The summed E-state index contributed by atoms with van der Waals surface area (Å²) in [6.45, 7) is 11.2. The Morgan fingerprint density at radius 3 is 1.23 bits per heavy atom. The minimum Gasteiger partial charge on any atom is -0.478 e. The monoisotopic (exact) mass is 434 g/mol. The number of esters is 1. The number of carbonyl (C=O) groups is 4. The molecule has 0 aliphatic rings. The van der Waals surface area contributed by atoms with Gasteiger partial charge in [-0.25, -0.2) is 14.4 Å². The molecule has 0 aromatic rings. The number of hydrogen-bond acceptors (Lipinski definition) is 8. The van der Waals surface area contributed by atoms with Crippen LogP contribution in [0.15, 0.2) is 50.8 Å². The van der Waals surface area contributed by atoms with Crippen LogP contribution in [0.4, 0.5) is 0 Å². The molecule has 0 heterocycles. The molecule has 0 aromatic heterocycles. The third-order valence-corrected chi connectivity index (χ3v) is 2.83. The summed E-state index contributed by atoms with van der Waals surface area (Å²) in [5, 5.41) is 49.8. The number of ether oxygens (including phenoxy) is 1. The molecule has 0 aliphatic carbocycles. The molecule has 11 heteroatoms. The number of carbonyl (C=O) groups excluding carboxylic acids is 1. The van der Waals surface area contributed by atoms with Crippen LogP contribution in [-0.2, 0) is 23.9 Å². The summed E-state index contributed by atoms with van der Waals surface area (Å²) < 4.78 is 4.49. The molecule has 6 N–H and O–H groups in total. The zero-order valence-electron chi connectivity index (χ0n) is 16.6. The average Bonchev–Trinajstić information content (AvgIpc) is 2.73. The molecule has 0 spiro atoms. The first-order valence-corrected chi connectivity index (χ1v) is 8.14. The van der Waals surface area contributed by atoms with E-state index in [1.807, 2.05) is 0 Å². The SMILES string of the molecule is C=CC(=O)O.C=CC(=O)O.C=CC(=O)O.C=COC(=O)CCCC(CO)(CO)CO. The molecule has 172 valence electrons. The third kappa shape index (κ3) is 29.5. The van der Waals surface area contributed by atoms with Crippen LogP contribution in [-0.4, -0.2) is 74.3 Å². The maximum absolute atomic E-state index is 10.9. The topological polar surface area (TPSA) is 199 Å². The molecule has 0 atom stereocenters. The molecule has 0 fully saturated rings. The minimum absolute atomic E-state index is 0.174. The van der Waals surface area contributed by atoms with E-state index in [2.05, 4.69) is 31.1 Å². The van der Waals surface area contributed by atoms with Gasteiger partial charge in [0, 0.05) is 30.1 Å². The summed E-state index contributed by atoms with van der Waals surface area (Å²) in [6.07, 6.45) is 4.53. The largest absolute Gasteiger partial charge is 0.478 e. The Labute approximate surface area is 174 Å². The highest BCUT2D eigenvalue weighted by Crippen LogP contribution is 2.22. The summed E-state index contributed by atoms with van der Waals surface area (Å²) in [6, 6.07) is 0. The molecule has 11 nitrogen and oxygen atoms in total. The molecule has 0 rings (SSSR count). The first-order valence-electron chi connectivity index (χ1n) is 8.14. The number of rotatable bonds is 11. The molecule has 0 saturated heterocycles. The van der Waals surface area contributed by atoms with Gasteiger partial charge >= 0.3 is 23.9 Å². The summed E-state index contributed by atoms with van der Waals surface area (Å²) >= 11 is 0. The van der Waals surface area contributed by atoms with Crippen LogP contribution in [0.1, 0.15) is 19.3 Å². The second-order valence-electron chi connectivity index (χ2n) is 5.11. The first-order chi connectivity index (χ1) is 13.9. The molecule has 0 unspecified atom stereocenters. The fraction of sp³-hybridized carbons (Fsp3) is 0.368. The van der Waals surface area contributed by atoms with Gasteiger partial charge in [-0.3, -0.25) is 4.79 Å². The quantitative estimate of drug-likeness (QED) is 0.151. The Bertz CT molecular complexity index is 498. The Hall–Kier alpha value is -3.28. The van der Waals surface area contributed by atoms with E-state index in [1.54, 1.807) is 0 Å². The number of aliphatic hydroxyl groups is 3. The van der Waals surface area contributed by atoms with Crippen LogP contribution in [0.25, 0.3) is 0 Å². The van der Waals surface area contributed by atoms with Gasteiger partial charge in [-0.1, -0.05) is 26.3 Å². The van der Waals surface area contributed by atoms with Gasteiger partial charge in [0.15, 0.2) is 0 Å². The fourth-order valence-corrected chi connectivity index (χ4v) is 1.15. The lowest BCUT2D eigenvalue weighted by Crippen LogP contribution is -2.34. The van der Waals surface area contributed by atoms with E-state index in [9.17, 15) is 19.2 Å². The van der Waals surface area contributed by atoms with Crippen molar-refractivity contribution < 1.29 is 54.6 Å². The van der Waals surface area contributed by atoms with Gasteiger partial charge in [-0.15, -0.1) is 0 Å². The summed E-state index contributed by atoms with van der Waals surface area (Å²) in [5.41, 5.74) is -0.908. The maximum Gasteiger partial charge on any atom is 0.327 e. The molecule has 0 bridgehead atoms. The number of hydrogen-bond donors (Lipinski definition) is 6. The van der Waals surface area contributed by atoms with E-state index in [0.29, 0.717) is 12.8 Å². The molecule has 0 aromatic carbocycles. The third-order valence-electron chi connectivity index (χ3n) is 2.83. The number of aliphatic carboxylic acids is 3. The van der Waals surface area contributed by atoms with E-state index in [-0.39, 0.29) is 26.2 Å². The van der Waals surface area contributed by atoms with Crippen LogP contribution < -0.4 is 0 Å². The molecule has 0 radical (unpaired) electrons. The lowest BCUT2D eigenvalue weighted by Gasteiger charge is -2.26. The van der Waals surface area contributed by atoms with Crippen molar-refractivity contribution in [2.45, 2.75) is 19.3 Å². The smallest absolute Gasteiger partial charge is 0.327 e. The van der Waals surface area contributed by atoms with Crippen LogP contribution in [0.2, 0.25) is 0 Å². The molecule has 0 saturated carbocycles. The minimum atomic E-state index is -0.981. The highest BCUT2D eigenvalue weighted by atomic mass is 16.5.